The average Bonchev–Trinajstić information content (AvgIpc) is 2.81. The lowest BCUT2D eigenvalue weighted by molar-refractivity contribution is -0.162. The lowest BCUT2D eigenvalue weighted by Crippen LogP contribution is -2.55. The summed E-state index contributed by atoms with van der Waals surface area (Å²) in [7, 11) is 0. The summed E-state index contributed by atoms with van der Waals surface area (Å²) in [4.78, 5) is 76.4. The standard InChI is InChI=1S/C24H32Br9N3O8/c1-18(2,34-13(38)22(25,26)27)12(37)8-9-21(7,10-43-16(41)19(3,4)35-14(39)23(28,29)30)11-44-17(42)20(5,6)36-15(40)24(31,32)33/h8-11H2,1-7H3,(H,34,38)(H,35,39)(H,36,40). The normalized spacial score (nSPS) is 13.5. The Balaban J connectivity index is 5.94. The number of esters is 2. The van der Waals surface area contributed by atoms with Crippen molar-refractivity contribution in [3.05, 3.63) is 0 Å². The van der Waals surface area contributed by atoms with Gasteiger partial charge >= 0.3 is 11.9 Å². The number of amides is 3. The number of Topliss-reactive ketones (excluding diaryl/α,β-unsaturated/α-hetero) is 1. The molecule has 0 spiro atoms. The van der Waals surface area contributed by atoms with E-state index in [4.69, 9.17) is 9.47 Å². The van der Waals surface area contributed by atoms with Gasteiger partial charge < -0.3 is 25.4 Å². The quantitative estimate of drug-likeness (QED) is 0.137. The van der Waals surface area contributed by atoms with Crippen molar-refractivity contribution in [2.45, 2.75) is 84.4 Å². The van der Waals surface area contributed by atoms with Crippen molar-refractivity contribution in [2.75, 3.05) is 13.2 Å². The molecule has 0 radical (unpaired) electrons. The molecule has 0 aromatic carbocycles. The van der Waals surface area contributed by atoms with Crippen LogP contribution >= 0.6 is 143 Å². The number of nitrogens with one attached hydrogen (secondary N) is 3. The summed E-state index contributed by atoms with van der Waals surface area (Å²) >= 11 is 27.9. The van der Waals surface area contributed by atoms with Gasteiger partial charge in [-0.1, -0.05) is 6.92 Å². The maximum absolute atomic E-state index is 13.2. The second-order valence-corrected chi connectivity index (χ2v) is 31.9. The van der Waals surface area contributed by atoms with Crippen molar-refractivity contribution in [3.63, 3.8) is 0 Å². The zero-order valence-corrected chi connectivity index (χ0v) is 38.8. The summed E-state index contributed by atoms with van der Waals surface area (Å²) < 4.78 is 7.22. The van der Waals surface area contributed by atoms with Crippen molar-refractivity contribution >= 4 is 179 Å². The molecule has 0 atom stereocenters. The van der Waals surface area contributed by atoms with Gasteiger partial charge in [-0.15, -0.1) is 0 Å². The number of rotatable bonds is 13. The Morgan fingerprint density at radius 3 is 1.05 bits per heavy atom. The number of halogens is 9. The summed E-state index contributed by atoms with van der Waals surface area (Å²) in [5.74, 6) is -3.69. The monoisotopic (exact) mass is 1200 g/mol. The van der Waals surface area contributed by atoms with E-state index in [0.717, 1.165) is 0 Å². The number of carbonyl (C=O) groups excluding carboxylic acids is 6. The molecule has 0 saturated heterocycles. The van der Waals surface area contributed by atoms with Gasteiger partial charge in [-0.3, -0.25) is 19.2 Å². The van der Waals surface area contributed by atoms with Gasteiger partial charge in [-0.05, 0) is 191 Å². The van der Waals surface area contributed by atoms with Crippen molar-refractivity contribution in [3.8, 4) is 0 Å². The van der Waals surface area contributed by atoms with E-state index < -0.39 is 58.1 Å². The van der Waals surface area contributed by atoms with Crippen LogP contribution in [0.4, 0.5) is 0 Å². The number of ketones is 1. The fourth-order valence-corrected chi connectivity index (χ4v) is 3.88. The van der Waals surface area contributed by atoms with Gasteiger partial charge in [0.25, 0.3) is 17.7 Å². The molecule has 0 fully saturated rings. The predicted octanol–water partition coefficient (Wildman–Crippen LogP) is 6.63. The SMILES string of the molecule is CC(CCC(=O)C(C)(C)NC(=O)C(Br)(Br)Br)(COC(=O)C(C)(C)NC(=O)C(Br)(Br)Br)COC(=O)C(C)(C)NC(=O)C(Br)(Br)Br. The highest BCUT2D eigenvalue weighted by molar-refractivity contribution is 9.40. The van der Waals surface area contributed by atoms with Crippen LogP contribution < -0.4 is 16.0 Å². The summed E-state index contributed by atoms with van der Waals surface area (Å²) in [6, 6.07) is 0. The third-order valence-corrected chi connectivity index (χ3v) is 9.07. The van der Waals surface area contributed by atoms with E-state index in [2.05, 4.69) is 159 Å². The summed E-state index contributed by atoms with van der Waals surface area (Å²) in [5.41, 5.74) is -5.33. The second kappa shape index (κ2) is 16.8. The van der Waals surface area contributed by atoms with Crippen LogP contribution in [0, 0.1) is 5.41 Å². The number of carbonyl (C=O) groups is 6. The lowest BCUT2D eigenvalue weighted by Gasteiger charge is -2.34. The van der Waals surface area contributed by atoms with Crippen molar-refractivity contribution in [1.29, 1.82) is 0 Å². The first-order chi connectivity index (χ1) is 19.3. The lowest BCUT2D eigenvalue weighted by atomic mass is 9.83. The van der Waals surface area contributed by atoms with E-state index >= 15 is 0 Å². The number of hydrogen-bond donors (Lipinski definition) is 3. The van der Waals surface area contributed by atoms with E-state index in [-0.39, 0.29) is 31.8 Å². The molecule has 11 nitrogen and oxygen atoms in total. The number of hydrogen-bond acceptors (Lipinski definition) is 8. The molecule has 20 heteroatoms. The van der Waals surface area contributed by atoms with Crippen molar-refractivity contribution in [2.24, 2.45) is 5.41 Å². The first kappa shape index (κ1) is 45.3. The van der Waals surface area contributed by atoms with Crippen LogP contribution in [0.25, 0.3) is 0 Å². The van der Waals surface area contributed by atoms with E-state index in [1.807, 2.05) is 0 Å². The van der Waals surface area contributed by atoms with E-state index in [1.165, 1.54) is 41.5 Å². The Labute approximate surface area is 332 Å². The van der Waals surface area contributed by atoms with Crippen LogP contribution in [0.2, 0.25) is 0 Å². The molecule has 3 amide bonds. The highest BCUT2D eigenvalue weighted by Gasteiger charge is 2.42. The molecule has 0 aliphatic heterocycles. The zero-order chi connectivity index (χ0) is 35.3. The van der Waals surface area contributed by atoms with E-state index in [1.54, 1.807) is 6.92 Å². The van der Waals surface area contributed by atoms with Gasteiger partial charge in [0.1, 0.15) is 11.1 Å². The van der Waals surface area contributed by atoms with E-state index in [9.17, 15) is 28.8 Å². The number of ether oxygens (including phenoxy) is 2. The molecule has 0 aliphatic rings. The fourth-order valence-electron chi connectivity index (χ4n) is 2.99. The molecular weight excluding hydrogens is 1180 g/mol. The summed E-state index contributed by atoms with van der Waals surface area (Å²) in [6.45, 7) is 9.87. The molecule has 0 aliphatic carbocycles. The molecule has 254 valence electrons. The van der Waals surface area contributed by atoms with Crippen LogP contribution in [0.3, 0.4) is 0 Å². The molecule has 0 bridgehead atoms. The van der Waals surface area contributed by atoms with Crippen molar-refractivity contribution in [1.82, 2.24) is 16.0 Å². The van der Waals surface area contributed by atoms with Crippen LogP contribution in [-0.4, -0.2) is 71.7 Å². The summed E-state index contributed by atoms with van der Waals surface area (Å²) in [5, 5.41) is 7.70. The van der Waals surface area contributed by atoms with Gasteiger partial charge in [0.2, 0.25) is 6.43 Å². The maximum Gasteiger partial charge on any atom is 0.331 e. The first-order valence-electron chi connectivity index (χ1n) is 12.3. The Bertz CT molecular complexity index is 992. The molecule has 3 N–H and O–H groups in total. The van der Waals surface area contributed by atoms with Gasteiger partial charge in [-0.2, -0.15) is 0 Å². The van der Waals surface area contributed by atoms with Gasteiger partial charge in [-0.25, -0.2) is 9.59 Å². The highest BCUT2D eigenvalue weighted by Crippen LogP contribution is 2.36. The Morgan fingerprint density at radius 2 is 0.773 bits per heavy atom. The molecule has 0 unspecified atom stereocenters. The molecule has 44 heavy (non-hydrogen) atoms. The molecule has 0 aromatic heterocycles. The Kier molecular flexibility index (Phi) is 17.3. The smallest absolute Gasteiger partial charge is 0.331 e. The van der Waals surface area contributed by atoms with Crippen LogP contribution in [0.15, 0.2) is 0 Å². The van der Waals surface area contributed by atoms with Crippen LogP contribution in [0.5, 0.6) is 0 Å². The second-order valence-electron chi connectivity index (χ2n) is 11.6. The minimum atomic E-state index is -1.47. The van der Waals surface area contributed by atoms with Gasteiger partial charge in [0.05, 0.1) is 18.8 Å². The third-order valence-electron chi connectivity index (χ3n) is 5.83. The first-order valence-corrected chi connectivity index (χ1v) is 19.5. The third kappa shape index (κ3) is 15.7. The van der Waals surface area contributed by atoms with Crippen molar-refractivity contribution < 1.29 is 38.2 Å². The van der Waals surface area contributed by atoms with Crippen LogP contribution in [0.1, 0.15) is 61.3 Å². The Morgan fingerprint density at radius 1 is 0.500 bits per heavy atom. The molecular formula is C24H32Br9N3O8. The van der Waals surface area contributed by atoms with E-state index in [0.29, 0.717) is 0 Å². The minimum absolute atomic E-state index is 0.0635. The van der Waals surface area contributed by atoms with Gasteiger partial charge in [0, 0.05) is 11.8 Å². The largest absolute Gasteiger partial charge is 0.463 e. The van der Waals surface area contributed by atoms with Gasteiger partial charge in [0.15, 0.2) is 5.78 Å². The van der Waals surface area contributed by atoms with Crippen LogP contribution in [-0.2, 0) is 38.2 Å². The predicted molar refractivity (Wildman–Crippen MR) is 199 cm³/mol. The number of alkyl halides is 9. The highest BCUT2D eigenvalue weighted by atomic mass is 80.0. The summed E-state index contributed by atoms with van der Waals surface area (Å²) in [6.07, 6.45) is -0.0362. The zero-order valence-electron chi connectivity index (χ0n) is 24.5. The topological polar surface area (TPSA) is 157 Å². The molecule has 0 rings (SSSR count). The maximum atomic E-state index is 13.2. The molecule has 0 aromatic rings. The fraction of sp³-hybridized carbons (Fsp3) is 0.750. The average molecular weight is 1210 g/mol. The Hall–Kier alpha value is 1.34. The minimum Gasteiger partial charge on any atom is -0.463 e. The molecule has 0 heterocycles. The molecule has 0 saturated carbocycles.